The molecule has 1 aliphatic heterocycles. The van der Waals surface area contributed by atoms with Crippen molar-refractivity contribution in [2.75, 3.05) is 33.4 Å². The van der Waals surface area contributed by atoms with Crippen LogP contribution in [0.2, 0.25) is 0 Å². The van der Waals surface area contributed by atoms with Crippen molar-refractivity contribution in [3.63, 3.8) is 0 Å². The van der Waals surface area contributed by atoms with Gasteiger partial charge in [-0.1, -0.05) is 30.3 Å². The number of aliphatic imine (C=N–C) groups is 1. The van der Waals surface area contributed by atoms with Crippen LogP contribution in [0.5, 0.6) is 0 Å². The van der Waals surface area contributed by atoms with E-state index in [9.17, 15) is 0 Å². The van der Waals surface area contributed by atoms with Crippen molar-refractivity contribution in [3.8, 4) is 10.8 Å². The van der Waals surface area contributed by atoms with Crippen molar-refractivity contribution >= 4 is 17.3 Å². The van der Waals surface area contributed by atoms with Crippen LogP contribution in [0.4, 0.5) is 0 Å². The van der Waals surface area contributed by atoms with E-state index < -0.39 is 0 Å². The highest BCUT2D eigenvalue weighted by Crippen LogP contribution is 2.23. The third-order valence-electron chi connectivity index (χ3n) is 5.01. The van der Waals surface area contributed by atoms with Crippen LogP contribution in [0.1, 0.15) is 16.8 Å². The van der Waals surface area contributed by atoms with Gasteiger partial charge in [0, 0.05) is 33.2 Å². The van der Waals surface area contributed by atoms with E-state index in [1.807, 2.05) is 17.5 Å². The van der Waals surface area contributed by atoms with E-state index in [-0.39, 0.29) is 0 Å². The molecule has 30 heavy (non-hydrogen) atoms. The summed E-state index contributed by atoms with van der Waals surface area (Å²) in [4.78, 5) is 12.3. The molecule has 1 aliphatic rings. The molecule has 0 amide bonds. The Morgan fingerprint density at radius 3 is 2.67 bits per heavy atom. The molecule has 2 aromatic heterocycles. The van der Waals surface area contributed by atoms with Crippen LogP contribution in [0, 0.1) is 0 Å². The summed E-state index contributed by atoms with van der Waals surface area (Å²) < 4.78 is 11.0. The summed E-state index contributed by atoms with van der Waals surface area (Å²) in [6, 6.07) is 12.5. The van der Waals surface area contributed by atoms with Crippen LogP contribution in [0.3, 0.4) is 0 Å². The molecule has 0 radical (unpaired) electrons. The molecule has 0 spiro atoms. The topological polar surface area (TPSA) is 74.9 Å². The lowest BCUT2D eigenvalue weighted by molar-refractivity contribution is 0.0341. The second-order valence-corrected chi connectivity index (χ2v) is 8.01. The van der Waals surface area contributed by atoms with Gasteiger partial charge in [-0.25, -0.2) is 4.98 Å². The molecule has 3 heterocycles. The standard InChI is InChI=1S/C22H27N5O2S/c1-23-22(25-14-19-16-29-21(26-19)20-7-4-12-30-20)24-13-17-5-2-3-6-18(17)15-27-8-10-28-11-9-27/h2-7,12,16H,8-11,13-15H2,1H3,(H2,23,24,25). The molecule has 0 unspecified atom stereocenters. The maximum absolute atomic E-state index is 5.58. The minimum Gasteiger partial charge on any atom is -0.443 e. The van der Waals surface area contributed by atoms with E-state index in [0.717, 1.165) is 49.4 Å². The molecule has 0 atom stereocenters. The van der Waals surface area contributed by atoms with Gasteiger partial charge in [0.05, 0.1) is 30.3 Å². The Labute approximate surface area is 180 Å². The molecule has 1 saturated heterocycles. The molecule has 0 aliphatic carbocycles. The Hall–Kier alpha value is -2.68. The van der Waals surface area contributed by atoms with Crippen molar-refractivity contribution < 1.29 is 9.15 Å². The second kappa shape index (κ2) is 10.4. The number of benzene rings is 1. The molecule has 0 bridgehead atoms. The highest BCUT2D eigenvalue weighted by atomic mass is 32.1. The predicted octanol–water partition coefficient (Wildman–Crippen LogP) is 3.10. The van der Waals surface area contributed by atoms with Crippen LogP contribution < -0.4 is 10.6 Å². The predicted molar refractivity (Wildman–Crippen MR) is 119 cm³/mol. The first-order valence-corrected chi connectivity index (χ1v) is 11.0. The average molecular weight is 426 g/mol. The number of morpholine rings is 1. The summed E-state index contributed by atoms with van der Waals surface area (Å²) in [6.45, 7) is 5.79. The van der Waals surface area contributed by atoms with Crippen LogP contribution in [-0.4, -0.2) is 49.2 Å². The summed E-state index contributed by atoms with van der Waals surface area (Å²) in [6.07, 6.45) is 1.69. The largest absolute Gasteiger partial charge is 0.443 e. The van der Waals surface area contributed by atoms with Crippen LogP contribution in [0.25, 0.3) is 10.8 Å². The molecular formula is C22H27N5O2S. The van der Waals surface area contributed by atoms with Crippen LogP contribution in [0.15, 0.2) is 57.5 Å². The van der Waals surface area contributed by atoms with E-state index >= 15 is 0 Å². The van der Waals surface area contributed by atoms with E-state index in [1.165, 1.54) is 11.1 Å². The minimum absolute atomic E-state index is 0.546. The average Bonchev–Trinajstić information content (AvgIpc) is 3.48. The molecule has 4 rings (SSSR count). The summed E-state index contributed by atoms with van der Waals surface area (Å²) >= 11 is 1.61. The number of rotatable bonds is 7. The van der Waals surface area contributed by atoms with Gasteiger partial charge in [0.1, 0.15) is 6.26 Å². The minimum atomic E-state index is 0.546. The Morgan fingerprint density at radius 1 is 1.10 bits per heavy atom. The van der Waals surface area contributed by atoms with E-state index in [1.54, 1.807) is 24.6 Å². The molecule has 1 aromatic carbocycles. The van der Waals surface area contributed by atoms with E-state index in [2.05, 4.69) is 49.8 Å². The van der Waals surface area contributed by atoms with Crippen LogP contribution in [-0.2, 0) is 24.4 Å². The summed E-state index contributed by atoms with van der Waals surface area (Å²) in [5.41, 5.74) is 3.45. The third-order valence-corrected chi connectivity index (χ3v) is 5.86. The summed E-state index contributed by atoms with van der Waals surface area (Å²) in [7, 11) is 1.77. The van der Waals surface area contributed by atoms with Crippen LogP contribution >= 0.6 is 11.3 Å². The van der Waals surface area contributed by atoms with Gasteiger partial charge in [-0.05, 0) is 22.6 Å². The lowest BCUT2D eigenvalue weighted by Crippen LogP contribution is -2.37. The number of nitrogens with one attached hydrogen (secondary N) is 2. The van der Waals surface area contributed by atoms with Gasteiger partial charge in [-0.3, -0.25) is 9.89 Å². The maximum Gasteiger partial charge on any atom is 0.236 e. The lowest BCUT2D eigenvalue weighted by atomic mass is 10.1. The van der Waals surface area contributed by atoms with Gasteiger partial charge >= 0.3 is 0 Å². The van der Waals surface area contributed by atoms with E-state index in [4.69, 9.17) is 9.15 Å². The van der Waals surface area contributed by atoms with Gasteiger partial charge in [0.25, 0.3) is 0 Å². The number of hydrogen-bond acceptors (Lipinski definition) is 6. The fraction of sp³-hybridized carbons (Fsp3) is 0.364. The maximum atomic E-state index is 5.58. The van der Waals surface area contributed by atoms with Crippen molar-refractivity contribution in [1.82, 2.24) is 20.5 Å². The number of thiophene rings is 1. The summed E-state index contributed by atoms with van der Waals surface area (Å²) in [5.74, 6) is 1.39. The Kier molecular flexibility index (Phi) is 7.12. The van der Waals surface area contributed by atoms with Crippen molar-refractivity contribution in [2.24, 2.45) is 4.99 Å². The fourth-order valence-electron chi connectivity index (χ4n) is 3.36. The molecule has 1 fully saturated rings. The van der Waals surface area contributed by atoms with Gasteiger partial charge in [0.15, 0.2) is 5.96 Å². The fourth-order valence-corrected chi connectivity index (χ4v) is 4.02. The molecule has 3 aromatic rings. The smallest absolute Gasteiger partial charge is 0.236 e. The summed E-state index contributed by atoms with van der Waals surface area (Å²) in [5, 5.41) is 8.73. The molecule has 0 saturated carbocycles. The van der Waals surface area contributed by atoms with Gasteiger partial charge in [0.2, 0.25) is 5.89 Å². The van der Waals surface area contributed by atoms with Crippen molar-refractivity contribution in [3.05, 3.63) is 64.9 Å². The first-order valence-electron chi connectivity index (χ1n) is 10.1. The number of ether oxygens (including phenoxy) is 1. The highest BCUT2D eigenvalue weighted by molar-refractivity contribution is 7.13. The Balaban J connectivity index is 1.30. The zero-order chi connectivity index (χ0) is 20.6. The monoisotopic (exact) mass is 425 g/mol. The van der Waals surface area contributed by atoms with Crippen molar-refractivity contribution in [1.29, 1.82) is 0 Å². The van der Waals surface area contributed by atoms with Gasteiger partial charge < -0.3 is 19.8 Å². The molecular weight excluding hydrogens is 398 g/mol. The van der Waals surface area contributed by atoms with E-state index in [0.29, 0.717) is 19.0 Å². The molecule has 7 nitrogen and oxygen atoms in total. The Morgan fingerprint density at radius 2 is 1.90 bits per heavy atom. The quantitative estimate of drug-likeness (QED) is 0.448. The molecule has 2 N–H and O–H groups in total. The van der Waals surface area contributed by atoms with Gasteiger partial charge in [-0.2, -0.15) is 0 Å². The normalized spacial score (nSPS) is 15.3. The van der Waals surface area contributed by atoms with Gasteiger partial charge in [-0.15, -0.1) is 11.3 Å². The number of oxazole rings is 1. The SMILES string of the molecule is CN=C(NCc1coc(-c2cccs2)n1)NCc1ccccc1CN1CCOCC1. The first kappa shape index (κ1) is 20.6. The lowest BCUT2D eigenvalue weighted by Gasteiger charge is -2.27. The molecule has 8 heteroatoms. The molecule has 158 valence electrons. The highest BCUT2D eigenvalue weighted by Gasteiger charge is 2.13. The number of hydrogen-bond donors (Lipinski definition) is 2. The Bertz CT molecular complexity index is 948. The number of guanidine groups is 1. The first-order chi connectivity index (χ1) is 14.8. The number of aromatic nitrogens is 1. The van der Waals surface area contributed by atoms with Crippen molar-refractivity contribution in [2.45, 2.75) is 19.6 Å². The zero-order valence-electron chi connectivity index (χ0n) is 17.1. The number of nitrogens with zero attached hydrogens (tertiary/aromatic N) is 3. The third kappa shape index (κ3) is 5.47. The zero-order valence-corrected chi connectivity index (χ0v) is 18.0. The second-order valence-electron chi connectivity index (χ2n) is 7.06.